The summed E-state index contributed by atoms with van der Waals surface area (Å²) in [6, 6.07) is 3.74. The molecule has 0 radical (unpaired) electrons. The molecule has 234 valence electrons. The van der Waals surface area contributed by atoms with Crippen LogP contribution in [0.15, 0.2) is 24.5 Å². The molecule has 3 nitrogen and oxygen atoms in total. The van der Waals surface area contributed by atoms with Gasteiger partial charge in [-0.15, -0.1) is 0 Å². The first-order valence-electron chi connectivity index (χ1n) is 17.3. The van der Waals surface area contributed by atoms with Crippen molar-refractivity contribution in [1.29, 1.82) is 0 Å². The highest BCUT2D eigenvalue weighted by Gasteiger charge is 2.16. The van der Waals surface area contributed by atoms with Crippen LogP contribution in [0.2, 0.25) is 0 Å². The van der Waals surface area contributed by atoms with Gasteiger partial charge in [-0.2, -0.15) is 0 Å². The number of aromatic nitrogens is 1. The predicted molar refractivity (Wildman–Crippen MR) is 168 cm³/mol. The van der Waals surface area contributed by atoms with Gasteiger partial charge in [0.25, 0.3) is 0 Å². The van der Waals surface area contributed by atoms with E-state index in [0.717, 1.165) is 12.8 Å². The molecule has 0 spiro atoms. The average Bonchev–Trinajstić information content (AvgIpc) is 2.94. The Morgan fingerprint density at radius 2 is 0.875 bits per heavy atom. The summed E-state index contributed by atoms with van der Waals surface area (Å²) in [7, 11) is 1.97. The number of aryl methyl sites for hydroxylation is 1. The topological polar surface area (TPSA) is 30.2 Å². The molecule has 0 bridgehead atoms. The molecule has 0 unspecified atom stereocenters. The van der Waals surface area contributed by atoms with E-state index in [1.54, 1.807) is 0 Å². The average molecular weight is 580 g/mol. The second-order valence-corrected chi connectivity index (χ2v) is 12.1. The van der Waals surface area contributed by atoms with Crippen LogP contribution in [0.5, 0.6) is 0 Å². The van der Waals surface area contributed by atoms with Gasteiger partial charge in [0.1, 0.15) is 13.2 Å². The smallest absolute Gasteiger partial charge is 0.338 e. The van der Waals surface area contributed by atoms with Crippen LogP contribution in [0, 0.1) is 0 Å². The lowest BCUT2D eigenvalue weighted by Crippen LogP contribution is -3.00. The van der Waals surface area contributed by atoms with E-state index in [0.29, 0.717) is 5.56 Å². The third-order valence-corrected chi connectivity index (χ3v) is 8.25. The third-order valence-electron chi connectivity index (χ3n) is 8.25. The standard InChI is InChI=1S/C36H66NO2.ClH/c1-4-6-8-10-12-14-16-18-20-22-24-26-28-35(39-36(38)34-30-32-37(3)33-31-34)29-27-25-23-21-19-17-15-13-11-9-7-5-2;/h30-33,35H,4-29H2,1-3H3;1H/q+1;/p-1. The number of carbonyl (C=O) groups is 1. The van der Waals surface area contributed by atoms with Crippen LogP contribution in [0.1, 0.15) is 191 Å². The number of unbranched alkanes of at least 4 members (excludes halogenated alkanes) is 22. The Bertz CT molecular complexity index is 635. The zero-order valence-electron chi connectivity index (χ0n) is 26.9. The fourth-order valence-corrected chi connectivity index (χ4v) is 5.54. The van der Waals surface area contributed by atoms with Crippen molar-refractivity contribution in [2.75, 3.05) is 0 Å². The molecule has 0 aliphatic carbocycles. The first kappa shape index (κ1) is 38.9. The monoisotopic (exact) mass is 579 g/mol. The number of rotatable bonds is 28. The maximum absolute atomic E-state index is 12.8. The molecule has 0 saturated heterocycles. The van der Waals surface area contributed by atoms with Crippen LogP contribution in [0.4, 0.5) is 0 Å². The van der Waals surface area contributed by atoms with Crippen molar-refractivity contribution in [2.24, 2.45) is 7.05 Å². The van der Waals surface area contributed by atoms with Gasteiger partial charge in [-0.05, 0) is 25.7 Å². The van der Waals surface area contributed by atoms with Gasteiger partial charge in [0.2, 0.25) is 0 Å². The predicted octanol–water partition coefficient (Wildman–Crippen LogP) is 8.22. The van der Waals surface area contributed by atoms with Gasteiger partial charge in [-0.25, -0.2) is 9.36 Å². The second-order valence-electron chi connectivity index (χ2n) is 12.1. The Kier molecular flexibility index (Phi) is 28.6. The van der Waals surface area contributed by atoms with Gasteiger partial charge in [0.15, 0.2) is 12.4 Å². The van der Waals surface area contributed by atoms with Gasteiger partial charge in [-0.3, -0.25) is 0 Å². The number of nitrogens with zero attached hydrogens (tertiary/aromatic N) is 1. The molecular formula is C36H66ClNO2. The SMILES string of the molecule is CCCCCCCCCCCCCCC(CCCCCCCCCCCCCC)OC(=O)c1cc[n+](C)cc1.[Cl-]. The highest BCUT2D eigenvalue weighted by atomic mass is 35.5. The number of hydrogen-bond acceptors (Lipinski definition) is 2. The van der Waals surface area contributed by atoms with Gasteiger partial charge >= 0.3 is 5.97 Å². The molecule has 1 heterocycles. The molecule has 0 aliphatic heterocycles. The fraction of sp³-hybridized carbons (Fsp3) is 0.833. The molecule has 1 aromatic rings. The minimum atomic E-state index is -0.154. The fourth-order valence-electron chi connectivity index (χ4n) is 5.54. The second kappa shape index (κ2) is 29.4. The Balaban J connectivity index is 0.0000152. The van der Waals surface area contributed by atoms with E-state index in [1.807, 2.05) is 36.1 Å². The first-order valence-corrected chi connectivity index (χ1v) is 17.3. The lowest BCUT2D eigenvalue weighted by molar-refractivity contribution is -0.671. The summed E-state index contributed by atoms with van der Waals surface area (Å²) in [6.45, 7) is 4.57. The van der Waals surface area contributed by atoms with E-state index < -0.39 is 0 Å². The Hall–Kier alpha value is -1.09. The van der Waals surface area contributed by atoms with E-state index in [1.165, 1.54) is 154 Å². The molecule has 0 fully saturated rings. The van der Waals surface area contributed by atoms with Crippen molar-refractivity contribution in [2.45, 2.75) is 187 Å². The van der Waals surface area contributed by atoms with Crippen LogP contribution in [0.25, 0.3) is 0 Å². The lowest BCUT2D eigenvalue weighted by atomic mass is 10.0. The molecule has 40 heavy (non-hydrogen) atoms. The van der Waals surface area contributed by atoms with Crippen molar-refractivity contribution >= 4 is 5.97 Å². The van der Waals surface area contributed by atoms with E-state index >= 15 is 0 Å². The Labute approximate surface area is 256 Å². The number of hydrogen-bond donors (Lipinski definition) is 0. The highest BCUT2D eigenvalue weighted by Crippen LogP contribution is 2.19. The van der Waals surface area contributed by atoms with Crippen LogP contribution >= 0.6 is 0 Å². The minimum absolute atomic E-state index is 0. The molecule has 0 aromatic carbocycles. The lowest BCUT2D eigenvalue weighted by Gasteiger charge is -2.18. The van der Waals surface area contributed by atoms with Crippen molar-refractivity contribution in [3.63, 3.8) is 0 Å². The summed E-state index contributed by atoms with van der Waals surface area (Å²) in [5.74, 6) is -0.154. The Morgan fingerprint density at radius 1 is 0.575 bits per heavy atom. The summed E-state index contributed by atoms with van der Waals surface area (Å²) in [5, 5.41) is 0. The van der Waals surface area contributed by atoms with E-state index in [2.05, 4.69) is 13.8 Å². The molecule has 0 N–H and O–H groups in total. The molecule has 1 rings (SSSR count). The molecular weight excluding hydrogens is 514 g/mol. The molecule has 4 heteroatoms. The molecule has 0 amide bonds. The zero-order chi connectivity index (χ0) is 28.2. The summed E-state index contributed by atoms with van der Waals surface area (Å²) in [5.41, 5.74) is 0.669. The van der Waals surface area contributed by atoms with Crippen molar-refractivity contribution < 1.29 is 26.5 Å². The van der Waals surface area contributed by atoms with Gasteiger partial charge in [-0.1, -0.05) is 155 Å². The number of halogens is 1. The van der Waals surface area contributed by atoms with Crippen molar-refractivity contribution in [1.82, 2.24) is 0 Å². The number of pyridine rings is 1. The van der Waals surface area contributed by atoms with Gasteiger partial charge in [0, 0.05) is 12.1 Å². The molecule has 0 saturated carbocycles. The normalized spacial score (nSPS) is 11.1. The molecule has 0 aliphatic rings. The minimum Gasteiger partial charge on any atom is -1.00 e. The van der Waals surface area contributed by atoms with E-state index in [4.69, 9.17) is 4.74 Å². The van der Waals surface area contributed by atoms with Crippen molar-refractivity contribution in [3.8, 4) is 0 Å². The number of carbonyl (C=O) groups excluding carboxylic acids is 1. The van der Waals surface area contributed by atoms with Crippen LogP contribution in [0.3, 0.4) is 0 Å². The maximum Gasteiger partial charge on any atom is 0.338 e. The zero-order valence-corrected chi connectivity index (χ0v) is 27.7. The summed E-state index contributed by atoms with van der Waals surface area (Å²) in [6.07, 6.45) is 38.6. The quantitative estimate of drug-likeness (QED) is 0.0568. The summed E-state index contributed by atoms with van der Waals surface area (Å²) in [4.78, 5) is 12.8. The number of esters is 1. The van der Waals surface area contributed by atoms with Gasteiger partial charge in [0.05, 0.1) is 5.56 Å². The summed E-state index contributed by atoms with van der Waals surface area (Å²) >= 11 is 0. The first-order chi connectivity index (χ1) is 19.2. The van der Waals surface area contributed by atoms with E-state index in [9.17, 15) is 4.79 Å². The van der Waals surface area contributed by atoms with Crippen LogP contribution in [-0.2, 0) is 11.8 Å². The van der Waals surface area contributed by atoms with Gasteiger partial charge < -0.3 is 17.1 Å². The maximum atomic E-state index is 12.8. The van der Waals surface area contributed by atoms with E-state index in [-0.39, 0.29) is 24.5 Å². The highest BCUT2D eigenvalue weighted by molar-refractivity contribution is 5.89. The van der Waals surface area contributed by atoms with Crippen LogP contribution in [-0.4, -0.2) is 12.1 Å². The Morgan fingerprint density at radius 3 is 1.20 bits per heavy atom. The number of ether oxygens (including phenoxy) is 1. The van der Waals surface area contributed by atoms with Crippen LogP contribution < -0.4 is 17.0 Å². The largest absolute Gasteiger partial charge is 1.00 e. The molecule has 1 aromatic heterocycles. The van der Waals surface area contributed by atoms with Crippen molar-refractivity contribution in [3.05, 3.63) is 30.1 Å². The third kappa shape index (κ3) is 23.6. The summed E-state index contributed by atoms with van der Waals surface area (Å²) < 4.78 is 7.98. The molecule has 0 atom stereocenters.